The van der Waals surface area contributed by atoms with Crippen molar-refractivity contribution in [2.24, 2.45) is 0 Å². The number of urea groups is 1. The Morgan fingerprint density at radius 1 is 1.17 bits per heavy atom. The van der Waals surface area contributed by atoms with Gasteiger partial charge in [0.25, 0.3) is 0 Å². The number of piperidine rings is 1. The van der Waals surface area contributed by atoms with Crippen LogP contribution < -0.4 is 14.8 Å². The van der Waals surface area contributed by atoms with Crippen molar-refractivity contribution < 1.29 is 19.0 Å². The van der Waals surface area contributed by atoms with E-state index < -0.39 is 0 Å². The normalized spacial score (nSPS) is 22.8. The predicted octanol–water partition coefficient (Wildman–Crippen LogP) is 2.71. The number of methoxy groups -OCH3 is 3. The topological polar surface area (TPSA) is 63.3 Å². The number of benzene rings is 1. The lowest BCUT2D eigenvalue weighted by molar-refractivity contribution is 0.0998. The fourth-order valence-corrected chi connectivity index (χ4v) is 5.16. The fourth-order valence-electron chi connectivity index (χ4n) is 5.16. The summed E-state index contributed by atoms with van der Waals surface area (Å²) in [5.74, 6) is 1.69. The molecular weight excluding hydrogens is 370 g/mol. The van der Waals surface area contributed by atoms with Crippen LogP contribution in [0.4, 0.5) is 4.79 Å². The lowest BCUT2D eigenvalue weighted by Crippen LogP contribution is -2.53. The van der Waals surface area contributed by atoms with Crippen molar-refractivity contribution in [3.63, 3.8) is 0 Å². The molecule has 0 radical (unpaired) electrons. The van der Waals surface area contributed by atoms with Gasteiger partial charge >= 0.3 is 6.03 Å². The van der Waals surface area contributed by atoms with E-state index in [1.807, 2.05) is 21.9 Å². The van der Waals surface area contributed by atoms with Crippen LogP contribution in [-0.4, -0.2) is 68.9 Å². The molecule has 1 N–H and O–H groups in total. The number of rotatable bonds is 5. The fraction of sp³-hybridized carbons (Fsp3) is 0.591. The lowest BCUT2D eigenvalue weighted by Gasteiger charge is -2.41. The highest BCUT2D eigenvalue weighted by Gasteiger charge is 2.54. The highest BCUT2D eigenvalue weighted by molar-refractivity contribution is 5.83. The summed E-state index contributed by atoms with van der Waals surface area (Å²) in [4.78, 5) is 17.6. The molecule has 1 atom stereocenters. The molecule has 7 heteroatoms. The summed E-state index contributed by atoms with van der Waals surface area (Å²) < 4.78 is 16.5. The maximum absolute atomic E-state index is 13.6. The Hall–Kier alpha value is -2.25. The van der Waals surface area contributed by atoms with Gasteiger partial charge in [-0.3, -0.25) is 4.90 Å². The monoisotopic (exact) mass is 401 g/mol. The van der Waals surface area contributed by atoms with Crippen molar-refractivity contribution in [2.75, 3.05) is 47.6 Å². The number of nitrogens with one attached hydrogen (secondary N) is 1. The van der Waals surface area contributed by atoms with E-state index in [2.05, 4.69) is 18.3 Å². The van der Waals surface area contributed by atoms with Crippen molar-refractivity contribution >= 4 is 6.03 Å². The Morgan fingerprint density at radius 2 is 1.93 bits per heavy atom. The maximum atomic E-state index is 13.6. The van der Waals surface area contributed by atoms with Gasteiger partial charge in [-0.25, -0.2) is 4.79 Å². The molecule has 2 fully saturated rings. The number of hydrogen-bond acceptors (Lipinski definition) is 5. The number of carbonyl (C=O) groups excluding carboxylic acids is 1. The van der Waals surface area contributed by atoms with E-state index in [1.165, 1.54) is 0 Å². The third kappa shape index (κ3) is 3.16. The molecule has 1 spiro atoms. The van der Waals surface area contributed by atoms with Crippen LogP contribution in [0.5, 0.6) is 11.5 Å². The molecule has 0 bridgehead atoms. The molecule has 0 unspecified atom stereocenters. The zero-order valence-electron chi connectivity index (χ0n) is 17.8. The Kier molecular flexibility index (Phi) is 5.44. The first kappa shape index (κ1) is 20.0. The molecule has 4 rings (SSSR count). The summed E-state index contributed by atoms with van der Waals surface area (Å²) in [5.41, 5.74) is 3.07. The van der Waals surface area contributed by atoms with Crippen LogP contribution in [0, 0.1) is 0 Å². The van der Waals surface area contributed by atoms with Crippen LogP contribution in [0.3, 0.4) is 0 Å². The number of carbonyl (C=O) groups is 1. The van der Waals surface area contributed by atoms with E-state index in [4.69, 9.17) is 14.2 Å². The molecule has 1 aromatic carbocycles. The summed E-state index contributed by atoms with van der Waals surface area (Å²) in [6.45, 7) is 5.65. The van der Waals surface area contributed by atoms with Crippen LogP contribution in [0.25, 0.3) is 0 Å². The maximum Gasteiger partial charge on any atom is 0.325 e. The molecule has 0 aliphatic carbocycles. The number of hydrogen-bond donors (Lipinski definition) is 1. The zero-order valence-corrected chi connectivity index (χ0v) is 17.8. The molecule has 7 nitrogen and oxygen atoms in total. The zero-order chi connectivity index (χ0) is 20.6. The minimum atomic E-state index is -0.269. The predicted molar refractivity (Wildman–Crippen MR) is 110 cm³/mol. The van der Waals surface area contributed by atoms with Crippen molar-refractivity contribution in [3.8, 4) is 11.5 Å². The van der Waals surface area contributed by atoms with Gasteiger partial charge < -0.3 is 24.4 Å². The molecule has 3 aliphatic rings. The quantitative estimate of drug-likeness (QED) is 0.822. The molecular formula is C22H31N3O4. The molecule has 1 aromatic rings. The summed E-state index contributed by atoms with van der Waals surface area (Å²) in [5, 5.41) is 3.45. The number of ether oxygens (including phenoxy) is 3. The molecule has 3 heterocycles. The van der Waals surface area contributed by atoms with Gasteiger partial charge in [-0.15, -0.1) is 0 Å². The second-order valence-corrected chi connectivity index (χ2v) is 8.04. The molecule has 0 aromatic heterocycles. The van der Waals surface area contributed by atoms with Crippen molar-refractivity contribution in [1.82, 2.24) is 15.1 Å². The van der Waals surface area contributed by atoms with Gasteiger partial charge in [0.2, 0.25) is 0 Å². The summed E-state index contributed by atoms with van der Waals surface area (Å²) >= 11 is 0. The van der Waals surface area contributed by atoms with E-state index in [1.54, 1.807) is 21.3 Å². The van der Waals surface area contributed by atoms with E-state index in [0.717, 1.165) is 54.3 Å². The molecule has 0 saturated carbocycles. The Morgan fingerprint density at radius 3 is 2.59 bits per heavy atom. The Balaban J connectivity index is 1.82. The third-order valence-electron chi connectivity index (χ3n) is 6.54. The van der Waals surface area contributed by atoms with Crippen molar-refractivity contribution in [1.29, 1.82) is 0 Å². The summed E-state index contributed by atoms with van der Waals surface area (Å²) in [7, 11) is 5.03. The Labute approximate surface area is 172 Å². The summed E-state index contributed by atoms with van der Waals surface area (Å²) in [6.07, 6.45) is 4.10. The van der Waals surface area contributed by atoms with E-state index in [9.17, 15) is 4.79 Å². The second-order valence-electron chi connectivity index (χ2n) is 8.04. The summed E-state index contributed by atoms with van der Waals surface area (Å²) in [6, 6.07) is 4.03. The van der Waals surface area contributed by atoms with Gasteiger partial charge in [0.1, 0.15) is 11.5 Å². The largest absolute Gasteiger partial charge is 0.497 e. The van der Waals surface area contributed by atoms with Crippen LogP contribution in [0.15, 0.2) is 23.9 Å². The van der Waals surface area contributed by atoms with E-state index in [0.29, 0.717) is 19.7 Å². The van der Waals surface area contributed by atoms with Gasteiger partial charge in [0.15, 0.2) is 0 Å². The number of allylic oxidation sites excluding steroid dienone is 1. The van der Waals surface area contributed by atoms with Crippen molar-refractivity contribution in [2.45, 2.75) is 37.8 Å². The highest BCUT2D eigenvalue weighted by Crippen LogP contribution is 2.48. The average molecular weight is 402 g/mol. The standard InChI is InChI=1S/C22H31N3O4/c1-15-11-19-22(5-7-23-8-6-22)25(9-10-27-2)21(26)24(19)14-16-12-17(28-3)13-18(29-4)20(15)16/h11-13,15,23H,5-10,14H2,1-4H3/t15-/m0/s1. The second kappa shape index (κ2) is 7.88. The minimum Gasteiger partial charge on any atom is -0.497 e. The lowest BCUT2D eigenvalue weighted by atomic mass is 9.82. The van der Waals surface area contributed by atoms with Crippen LogP contribution >= 0.6 is 0 Å². The van der Waals surface area contributed by atoms with Crippen molar-refractivity contribution in [3.05, 3.63) is 35.0 Å². The highest BCUT2D eigenvalue weighted by atomic mass is 16.5. The van der Waals surface area contributed by atoms with E-state index >= 15 is 0 Å². The first-order valence-corrected chi connectivity index (χ1v) is 10.3. The van der Waals surface area contributed by atoms with Crippen LogP contribution in [-0.2, 0) is 11.3 Å². The SMILES string of the molecule is COCCN1C(=O)N2Cc3cc(OC)cc(OC)c3[C@@H](C)C=C2C12CCNCC2. The smallest absolute Gasteiger partial charge is 0.325 e. The Bertz CT molecular complexity index is 817. The van der Waals surface area contributed by atoms with E-state index in [-0.39, 0.29) is 17.5 Å². The molecule has 29 heavy (non-hydrogen) atoms. The van der Waals surface area contributed by atoms with Gasteiger partial charge in [-0.1, -0.05) is 13.0 Å². The average Bonchev–Trinajstić information content (AvgIpc) is 2.85. The van der Waals surface area contributed by atoms with Crippen LogP contribution in [0.2, 0.25) is 0 Å². The number of amides is 2. The van der Waals surface area contributed by atoms with Gasteiger partial charge in [-0.2, -0.15) is 0 Å². The number of nitrogens with zero attached hydrogens (tertiary/aromatic N) is 2. The molecule has 3 aliphatic heterocycles. The third-order valence-corrected chi connectivity index (χ3v) is 6.54. The first-order chi connectivity index (χ1) is 14.1. The number of fused-ring (bicyclic) bond motifs is 3. The van der Waals surface area contributed by atoms with Crippen LogP contribution in [0.1, 0.15) is 36.8 Å². The molecule has 2 amide bonds. The van der Waals surface area contributed by atoms with Gasteiger partial charge in [0, 0.05) is 36.9 Å². The molecule has 2 saturated heterocycles. The van der Waals surface area contributed by atoms with Gasteiger partial charge in [0.05, 0.1) is 32.9 Å². The first-order valence-electron chi connectivity index (χ1n) is 10.3. The van der Waals surface area contributed by atoms with Gasteiger partial charge in [-0.05, 0) is 37.6 Å². The minimum absolute atomic E-state index is 0.0667. The molecule has 158 valence electrons.